The third-order valence-electron chi connectivity index (χ3n) is 2.05. The summed E-state index contributed by atoms with van der Waals surface area (Å²) in [6.07, 6.45) is 2.38. The second kappa shape index (κ2) is 6.60. The van der Waals surface area contributed by atoms with E-state index in [4.69, 9.17) is 17.1 Å². The van der Waals surface area contributed by atoms with Gasteiger partial charge < -0.3 is 0 Å². The SMILES string of the molecule is CC(C)(C)ON(C=O)CCCCn1[nH]nnc1=S. The first-order valence-electron chi connectivity index (χ1n) is 5.81. The van der Waals surface area contributed by atoms with Gasteiger partial charge in [0.15, 0.2) is 0 Å². The van der Waals surface area contributed by atoms with E-state index >= 15 is 0 Å². The molecule has 1 N–H and O–H groups in total. The van der Waals surface area contributed by atoms with Crippen molar-refractivity contribution in [3.05, 3.63) is 4.77 Å². The Balaban J connectivity index is 2.26. The van der Waals surface area contributed by atoms with Crippen molar-refractivity contribution in [3.8, 4) is 0 Å². The van der Waals surface area contributed by atoms with E-state index in [0.29, 0.717) is 24.3 Å². The molecule has 0 saturated heterocycles. The molecule has 0 unspecified atom stereocenters. The molecule has 0 aliphatic rings. The summed E-state index contributed by atoms with van der Waals surface area (Å²) in [5.74, 6) is 0. The highest BCUT2D eigenvalue weighted by molar-refractivity contribution is 7.71. The molecule has 1 aromatic rings. The van der Waals surface area contributed by atoms with Crippen molar-refractivity contribution in [3.63, 3.8) is 0 Å². The Hall–Kier alpha value is -1.28. The van der Waals surface area contributed by atoms with Crippen molar-refractivity contribution < 1.29 is 9.63 Å². The van der Waals surface area contributed by atoms with Crippen molar-refractivity contribution in [2.24, 2.45) is 0 Å². The molecule has 0 aliphatic carbocycles. The van der Waals surface area contributed by atoms with Crippen molar-refractivity contribution in [1.29, 1.82) is 0 Å². The lowest BCUT2D eigenvalue weighted by atomic mass is 10.2. The zero-order valence-electron chi connectivity index (χ0n) is 10.9. The number of H-pyrrole nitrogens is 1. The fraction of sp³-hybridized carbons (Fsp3) is 0.800. The topological polar surface area (TPSA) is 76.0 Å². The maximum Gasteiger partial charge on any atom is 0.238 e. The molecule has 0 atom stereocenters. The van der Waals surface area contributed by atoms with E-state index in [1.807, 2.05) is 20.8 Å². The zero-order valence-corrected chi connectivity index (χ0v) is 11.7. The molecule has 0 spiro atoms. The van der Waals surface area contributed by atoms with Gasteiger partial charge in [0.1, 0.15) is 0 Å². The monoisotopic (exact) mass is 273 g/mol. The molecule has 1 amide bonds. The van der Waals surface area contributed by atoms with E-state index < -0.39 is 0 Å². The Morgan fingerprint density at radius 3 is 2.72 bits per heavy atom. The van der Waals surface area contributed by atoms with Gasteiger partial charge in [0.25, 0.3) is 0 Å². The summed E-state index contributed by atoms with van der Waals surface area (Å²) >= 11 is 4.95. The Morgan fingerprint density at radius 1 is 1.50 bits per heavy atom. The molecular weight excluding hydrogens is 254 g/mol. The van der Waals surface area contributed by atoms with E-state index in [0.717, 1.165) is 12.8 Å². The number of unbranched alkanes of at least 4 members (excludes halogenated alkanes) is 1. The molecule has 1 rings (SSSR count). The van der Waals surface area contributed by atoms with Crippen LogP contribution in [0.4, 0.5) is 0 Å². The smallest absolute Gasteiger partial charge is 0.238 e. The molecule has 0 fully saturated rings. The standard InChI is InChI=1S/C10H19N5O2S/c1-10(2,3)17-14(8-16)6-4-5-7-15-9(18)11-12-13-15/h8H,4-7H2,1-3H3,(H,11,13,18). The Bertz CT molecular complexity index is 422. The van der Waals surface area contributed by atoms with Crippen molar-refractivity contribution in [1.82, 2.24) is 25.3 Å². The maximum atomic E-state index is 10.8. The Labute approximate surface area is 111 Å². The average molecular weight is 273 g/mol. The fourth-order valence-corrected chi connectivity index (χ4v) is 1.54. The van der Waals surface area contributed by atoms with Gasteiger partial charge in [-0.25, -0.2) is 9.75 Å². The average Bonchev–Trinajstić information content (AvgIpc) is 2.67. The fourth-order valence-electron chi connectivity index (χ4n) is 1.37. The van der Waals surface area contributed by atoms with Crippen LogP contribution in [0.15, 0.2) is 0 Å². The minimum Gasteiger partial charge on any atom is -0.276 e. The number of nitrogens with zero attached hydrogens (tertiary/aromatic N) is 4. The van der Waals surface area contributed by atoms with Gasteiger partial charge in [0, 0.05) is 13.1 Å². The predicted molar refractivity (Wildman–Crippen MR) is 68.0 cm³/mol. The lowest BCUT2D eigenvalue weighted by Gasteiger charge is -2.26. The highest BCUT2D eigenvalue weighted by Crippen LogP contribution is 2.09. The number of aromatic nitrogens is 4. The van der Waals surface area contributed by atoms with E-state index in [1.165, 1.54) is 5.06 Å². The van der Waals surface area contributed by atoms with Gasteiger partial charge in [0.05, 0.1) is 5.60 Å². The minimum absolute atomic E-state index is 0.364. The molecule has 0 bridgehead atoms. The number of hydroxylamine groups is 2. The molecule has 0 aliphatic heterocycles. The van der Waals surface area contributed by atoms with Gasteiger partial charge in [0.2, 0.25) is 11.2 Å². The molecular formula is C10H19N5O2S. The molecule has 8 heteroatoms. The number of amides is 1. The van der Waals surface area contributed by atoms with E-state index in [-0.39, 0.29) is 5.60 Å². The van der Waals surface area contributed by atoms with Gasteiger partial charge in [-0.3, -0.25) is 9.63 Å². The van der Waals surface area contributed by atoms with E-state index in [1.54, 1.807) is 4.68 Å². The minimum atomic E-state index is -0.364. The first-order valence-corrected chi connectivity index (χ1v) is 6.22. The normalized spacial score (nSPS) is 11.5. The number of aromatic amines is 1. The van der Waals surface area contributed by atoms with Gasteiger partial charge in [-0.15, -0.1) is 0 Å². The molecule has 0 radical (unpaired) electrons. The first kappa shape index (κ1) is 14.8. The van der Waals surface area contributed by atoms with Gasteiger partial charge in [-0.1, -0.05) is 10.3 Å². The van der Waals surface area contributed by atoms with Crippen molar-refractivity contribution in [2.75, 3.05) is 6.54 Å². The number of carbonyl (C=O) groups is 1. The molecule has 1 aromatic heterocycles. The molecule has 1 heterocycles. The van der Waals surface area contributed by atoms with Crippen LogP contribution in [0, 0.1) is 4.77 Å². The number of carbonyl (C=O) groups excluding carboxylic acids is 1. The summed E-state index contributed by atoms with van der Waals surface area (Å²) in [6, 6.07) is 0. The van der Waals surface area contributed by atoms with Crippen LogP contribution >= 0.6 is 12.2 Å². The van der Waals surface area contributed by atoms with E-state index in [2.05, 4.69) is 15.5 Å². The summed E-state index contributed by atoms with van der Waals surface area (Å²) in [5.41, 5.74) is -0.364. The van der Waals surface area contributed by atoms with Crippen LogP contribution in [-0.4, -0.2) is 43.8 Å². The summed E-state index contributed by atoms with van der Waals surface area (Å²) in [5, 5.41) is 11.3. The highest BCUT2D eigenvalue weighted by Gasteiger charge is 2.15. The zero-order chi connectivity index (χ0) is 13.6. The van der Waals surface area contributed by atoms with Gasteiger partial charge in [-0.05, 0) is 45.8 Å². The highest BCUT2D eigenvalue weighted by atomic mass is 32.1. The quantitative estimate of drug-likeness (QED) is 0.351. The largest absolute Gasteiger partial charge is 0.276 e. The van der Waals surface area contributed by atoms with Crippen LogP contribution in [0.25, 0.3) is 0 Å². The molecule has 7 nitrogen and oxygen atoms in total. The van der Waals surface area contributed by atoms with Crippen LogP contribution in [0.5, 0.6) is 0 Å². The molecule has 18 heavy (non-hydrogen) atoms. The van der Waals surface area contributed by atoms with Crippen molar-refractivity contribution >= 4 is 18.6 Å². The number of tetrazole rings is 1. The van der Waals surface area contributed by atoms with Crippen molar-refractivity contribution in [2.45, 2.75) is 45.8 Å². The summed E-state index contributed by atoms with van der Waals surface area (Å²) in [4.78, 5) is 16.3. The Morgan fingerprint density at radius 2 is 2.22 bits per heavy atom. The molecule has 102 valence electrons. The first-order chi connectivity index (χ1) is 8.42. The molecule has 0 aromatic carbocycles. The van der Waals surface area contributed by atoms with E-state index in [9.17, 15) is 4.79 Å². The lowest BCUT2D eigenvalue weighted by molar-refractivity contribution is -0.216. The lowest BCUT2D eigenvalue weighted by Crippen LogP contribution is -2.33. The second-order valence-corrected chi connectivity index (χ2v) is 5.26. The second-order valence-electron chi connectivity index (χ2n) is 4.89. The third kappa shape index (κ3) is 5.37. The van der Waals surface area contributed by atoms with Crippen LogP contribution in [0.3, 0.4) is 0 Å². The Kier molecular flexibility index (Phi) is 5.42. The number of hydrogen-bond acceptors (Lipinski definition) is 5. The van der Waals surface area contributed by atoms with Crippen LogP contribution in [-0.2, 0) is 16.2 Å². The van der Waals surface area contributed by atoms with Gasteiger partial charge >= 0.3 is 0 Å². The van der Waals surface area contributed by atoms with Crippen LogP contribution in [0.2, 0.25) is 0 Å². The predicted octanol–water partition coefficient (Wildman–Crippen LogP) is 1.30. The third-order valence-corrected chi connectivity index (χ3v) is 2.35. The maximum absolute atomic E-state index is 10.8. The van der Waals surface area contributed by atoms with Gasteiger partial charge in [-0.2, -0.15) is 5.21 Å². The molecule has 0 saturated carbocycles. The van der Waals surface area contributed by atoms with Crippen LogP contribution in [0.1, 0.15) is 33.6 Å². The summed E-state index contributed by atoms with van der Waals surface area (Å²) in [6.45, 7) is 6.96. The summed E-state index contributed by atoms with van der Waals surface area (Å²) < 4.78 is 2.12. The number of hydrogen-bond donors (Lipinski definition) is 1. The number of aryl methyl sites for hydroxylation is 1. The van der Waals surface area contributed by atoms with Crippen LogP contribution < -0.4 is 0 Å². The number of rotatable bonds is 7. The summed E-state index contributed by atoms with van der Waals surface area (Å²) in [7, 11) is 0. The number of nitrogens with one attached hydrogen (secondary N) is 1.